The molecule has 316 valence electrons. The first-order chi connectivity index (χ1) is 26.2. The van der Waals surface area contributed by atoms with E-state index >= 15 is 0 Å². The molecule has 0 aliphatic rings. The highest BCUT2D eigenvalue weighted by Crippen LogP contribution is 2.03. The normalized spacial score (nSPS) is 11.4. The number of halogens is 1. The molecule has 0 bridgehead atoms. The molecule has 0 rings (SSSR count). The number of alkyl halides is 1. The molecule has 0 saturated carbocycles. The Morgan fingerprint density at radius 1 is 0.321 bits per heavy atom. The standard InChI is InChI=1S/C36H69IO16/c37-9-5-1-2-6-10-41-11-12-42-13-14-43-15-16-44-17-18-45-19-20-46-21-22-47-23-24-48-25-26-49-27-28-50-29-30-51-31-32-52-33-34-53-36(40)8-4-3-7-35(38)39/h1-34H2,(H,38,39). The van der Waals surface area contributed by atoms with Gasteiger partial charge in [0.2, 0.25) is 0 Å². The van der Waals surface area contributed by atoms with Crippen LogP contribution in [0.1, 0.15) is 51.4 Å². The number of hydrogen-bond acceptors (Lipinski definition) is 15. The summed E-state index contributed by atoms with van der Waals surface area (Å²) in [7, 11) is 0. The van der Waals surface area contributed by atoms with Crippen LogP contribution in [0.15, 0.2) is 0 Å². The Kier molecular flexibility index (Phi) is 46.6. The van der Waals surface area contributed by atoms with Crippen LogP contribution in [0.25, 0.3) is 0 Å². The minimum Gasteiger partial charge on any atom is -0.481 e. The van der Waals surface area contributed by atoms with E-state index in [4.69, 9.17) is 66.7 Å². The highest BCUT2D eigenvalue weighted by Gasteiger charge is 2.04. The van der Waals surface area contributed by atoms with Gasteiger partial charge in [0.25, 0.3) is 0 Å². The maximum Gasteiger partial charge on any atom is 0.305 e. The minimum atomic E-state index is -0.863. The van der Waals surface area contributed by atoms with Gasteiger partial charge in [-0.3, -0.25) is 9.59 Å². The van der Waals surface area contributed by atoms with E-state index in [1.807, 2.05) is 0 Å². The topological polar surface area (TPSA) is 174 Å². The van der Waals surface area contributed by atoms with Gasteiger partial charge in [-0.05, 0) is 30.1 Å². The molecular weight excluding hydrogens is 815 g/mol. The van der Waals surface area contributed by atoms with Gasteiger partial charge in [-0.25, -0.2) is 0 Å². The number of carbonyl (C=O) groups is 2. The van der Waals surface area contributed by atoms with E-state index in [0.29, 0.717) is 158 Å². The van der Waals surface area contributed by atoms with Gasteiger partial charge in [-0.15, -0.1) is 0 Å². The lowest BCUT2D eigenvalue weighted by Gasteiger charge is -2.09. The van der Waals surface area contributed by atoms with E-state index in [0.717, 1.165) is 13.0 Å². The monoisotopic (exact) mass is 884 g/mol. The first-order valence-electron chi connectivity index (χ1n) is 19.0. The van der Waals surface area contributed by atoms with Crippen LogP contribution in [-0.4, -0.2) is 187 Å². The average molecular weight is 885 g/mol. The average Bonchev–Trinajstić information content (AvgIpc) is 3.15. The van der Waals surface area contributed by atoms with E-state index in [9.17, 15) is 9.59 Å². The van der Waals surface area contributed by atoms with Crippen LogP contribution in [0.3, 0.4) is 0 Å². The number of aliphatic carboxylic acids is 1. The van der Waals surface area contributed by atoms with Crippen LogP contribution in [0.4, 0.5) is 0 Å². The fourth-order valence-corrected chi connectivity index (χ4v) is 4.54. The molecule has 16 nitrogen and oxygen atoms in total. The van der Waals surface area contributed by atoms with Crippen LogP contribution >= 0.6 is 22.6 Å². The van der Waals surface area contributed by atoms with Gasteiger partial charge in [0, 0.05) is 19.4 Å². The van der Waals surface area contributed by atoms with E-state index in [2.05, 4.69) is 22.6 Å². The van der Waals surface area contributed by atoms with Crippen LogP contribution in [0.5, 0.6) is 0 Å². The Morgan fingerprint density at radius 2 is 0.585 bits per heavy atom. The molecule has 0 spiro atoms. The fourth-order valence-electron chi connectivity index (χ4n) is 4.01. The zero-order valence-electron chi connectivity index (χ0n) is 32.0. The quantitative estimate of drug-likeness (QED) is 0.0408. The molecule has 0 heterocycles. The van der Waals surface area contributed by atoms with Crippen molar-refractivity contribution in [3.05, 3.63) is 0 Å². The summed E-state index contributed by atoms with van der Waals surface area (Å²) in [6, 6.07) is 0. The summed E-state index contributed by atoms with van der Waals surface area (Å²) < 4.78 is 71.9. The minimum absolute atomic E-state index is 0.0595. The van der Waals surface area contributed by atoms with Crippen molar-refractivity contribution < 1.29 is 76.3 Å². The number of ether oxygens (including phenoxy) is 13. The van der Waals surface area contributed by atoms with Gasteiger partial charge in [0.15, 0.2) is 0 Å². The van der Waals surface area contributed by atoms with Crippen molar-refractivity contribution in [3.8, 4) is 0 Å². The van der Waals surface area contributed by atoms with Crippen molar-refractivity contribution in [1.82, 2.24) is 0 Å². The number of carbonyl (C=O) groups excluding carboxylic acids is 1. The Bertz CT molecular complexity index is 740. The maximum atomic E-state index is 11.5. The molecule has 0 aliphatic heterocycles. The molecule has 0 atom stereocenters. The summed E-state index contributed by atoms with van der Waals surface area (Å²) in [6.07, 6.45) is 6.18. The smallest absolute Gasteiger partial charge is 0.305 e. The number of hydrogen-bond donors (Lipinski definition) is 1. The summed E-state index contributed by atoms with van der Waals surface area (Å²) >= 11 is 2.42. The Morgan fingerprint density at radius 3 is 0.887 bits per heavy atom. The van der Waals surface area contributed by atoms with Crippen LogP contribution in [0.2, 0.25) is 0 Å². The van der Waals surface area contributed by atoms with Crippen LogP contribution in [0, 0.1) is 0 Å². The third-order valence-corrected chi connectivity index (χ3v) is 7.54. The molecule has 0 unspecified atom stereocenters. The van der Waals surface area contributed by atoms with E-state index in [-0.39, 0.29) is 32.0 Å². The summed E-state index contributed by atoms with van der Waals surface area (Å²) in [5.41, 5.74) is 0. The molecule has 0 aromatic heterocycles. The molecule has 17 heteroatoms. The Balaban J connectivity index is 3.09. The third kappa shape index (κ3) is 49.2. The number of unbranched alkanes of at least 4 members (excludes halogenated alkanes) is 4. The Hall–Kier alpha value is -0.810. The zero-order valence-corrected chi connectivity index (χ0v) is 34.1. The van der Waals surface area contributed by atoms with E-state index in [1.54, 1.807) is 0 Å². The third-order valence-electron chi connectivity index (χ3n) is 6.78. The number of esters is 1. The second kappa shape index (κ2) is 47.3. The van der Waals surface area contributed by atoms with Gasteiger partial charge in [0.05, 0.1) is 152 Å². The lowest BCUT2D eigenvalue weighted by molar-refractivity contribution is -0.146. The predicted molar refractivity (Wildman–Crippen MR) is 204 cm³/mol. The van der Waals surface area contributed by atoms with E-state index < -0.39 is 5.97 Å². The molecule has 0 radical (unpaired) electrons. The molecule has 0 aromatic carbocycles. The lowest BCUT2D eigenvalue weighted by Crippen LogP contribution is -2.15. The summed E-state index contributed by atoms with van der Waals surface area (Å²) in [5.74, 6) is -1.21. The highest BCUT2D eigenvalue weighted by molar-refractivity contribution is 14.1. The van der Waals surface area contributed by atoms with Crippen molar-refractivity contribution in [2.45, 2.75) is 51.4 Å². The van der Waals surface area contributed by atoms with Gasteiger partial charge in [-0.2, -0.15) is 0 Å². The van der Waals surface area contributed by atoms with E-state index in [1.165, 1.54) is 23.7 Å². The maximum absolute atomic E-state index is 11.5. The van der Waals surface area contributed by atoms with Crippen molar-refractivity contribution in [2.24, 2.45) is 0 Å². The summed E-state index contributed by atoms with van der Waals surface area (Å²) in [6.45, 7) is 12.2. The van der Waals surface area contributed by atoms with Crippen molar-refractivity contribution >= 4 is 34.5 Å². The molecule has 0 saturated heterocycles. The number of carboxylic acid groups (broad SMARTS) is 1. The first kappa shape index (κ1) is 52.2. The molecule has 0 amide bonds. The second-order valence-electron chi connectivity index (χ2n) is 11.3. The molecule has 0 aliphatic carbocycles. The van der Waals surface area contributed by atoms with Crippen molar-refractivity contribution in [1.29, 1.82) is 0 Å². The van der Waals surface area contributed by atoms with Gasteiger partial charge in [0.1, 0.15) is 6.61 Å². The van der Waals surface area contributed by atoms with Crippen LogP contribution < -0.4 is 0 Å². The van der Waals surface area contributed by atoms with Gasteiger partial charge < -0.3 is 66.7 Å². The highest BCUT2D eigenvalue weighted by atomic mass is 127. The van der Waals surface area contributed by atoms with Crippen LogP contribution in [-0.2, 0) is 71.2 Å². The molecule has 0 aromatic rings. The van der Waals surface area contributed by atoms with Crippen molar-refractivity contribution in [3.63, 3.8) is 0 Å². The number of rotatable bonds is 47. The fraction of sp³-hybridized carbons (Fsp3) is 0.944. The molecule has 0 fully saturated rings. The molecular formula is C36H69IO16. The predicted octanol–water partition coefficient (Wildman–Crippen LogP) is 3.37. The summed E-state index contributed by atoms with van der Waals surface area (Å²) in [4.78, 5) is 21.9. The lowest BCUT2D eigenvalue weighted by atomic mass is 10.2. The second-order valence-corrected chi connectivity index (χ2v) is 12.4. The molecule has 1 N–H and O–H groups in total. The first-order valence-corrected chi connectivity index (χ1v) is 20.6. The molecule has 53 heavy (non-hydrogen) atoms. The largest absolute Gasteiger partial charge is 0.481 e. The number of carboxylic acids is 1. The Labute approximate surface area is 330 Å². The summed E-state index contributed by atoms with van der Waals surface area (Å²) in [5, 5.41) is 8.56. The van der Waals surface area contributed by atoms with Gasteiger partial charge >= 0.3 is 11.9 Å². The van der Waals surface area contributed by atoms with Gasteiger partial charge in [-0.1, -0.05) is 35.4 Å². The SMILES string of the molecule is O=C(O)CCCCC(=O)OCCOCCOCCOCCOCCOCCOCCOCCOCCOCCOCCOCCOCCCCCCI. The van der Waals surface area contributed by atoms with Crippen molar-refractivity contribution in [2.75, 3.05) is 170 Å². The zero-order chi connectivity index (χ0) is 38.4.